The number of hydrogen-bond donors (Lipinski definition) is 2. The molecule has 20 heavy (non-hydrogen) atoms. The molecule has 1 fully saturated rings. The summed E-state index contributed by atoms with van der Waals surface area (Å²) in [5.74, 6) is 0. The molecule has 0 heterocycles. The number of aryl methyl sites for hydroxylation is 1. The van der Waals surface area contributed by atoms with Gasteiger partial charge in [-0.3, -0.25) is 0 Å². The zero-order valence-electron chi connectivity index (χ0n) is 12.1. The quantitative estimate of drug-likeness (QED) is 0.781. The van der Waals surface area contributed by atoms with Crippen molar-refractivity contribution >= 4 is 10.0 Å². The van der Waals surface area contributed by atoms with Crippen LogP contribution in [0.15, 0.2) is 23.1 Å². The third-order valence-corrected chi connectivity index (χ3v) is 5.23. The molecule has 112 valence electrons. The number of hydrogen-bond acceptors (Lipinski definition) is 4. The van der Waals surface area contributed by atoms with E-state index in [1.165, 1.54) is 12.8 Å². The van der Waals surface area contributed by atoms with Gasteiger partial charge in [0.25, 0.3) is 0 Å². The Bertz CT molecular complexity index is 568. The molecule has 0 radical (unpaired) electrons. The molecular formula is C14H23N3O2S. The molecule has 2 rings (SSSR count). The highest BCUT2D eigenvalue weighted by Gasteiger charge is 2.25. The fraction of sp³-hybridized carbons (Fsp3) is 0.571. The van der Waals surface area contributed by atoms with Gasteiger partial charge in [0, 0.05) is 25.7 Å². The molecule has 0 aromatic heterocycles. The molecule has 1 aliphatic carbocycles. The third-order valence-electron chi connectivity index (χ3n) is 3.77. The predicted molar refractivity (Wildman–Crippen MR) is 79.9 cm³/mol. The molecule has 5 nitrogen and oxygen atoms in total. The van der Waals surface area contributed by atoms with Crippen LogP contribution in [-0.4, -0.2) is 39.5 Å². The molecule has 0 saturated heterocycles. The van der Waals surface area contributed by atoms with Gasteiger partial charge in [0.15, 0.2) is 0 Å². The zero-order chi connectivity index (χ0) is 14.8. The van der Waals surface area contributed by atoms with Crippen LogP contribution in [0.25, 0.3) is 0 Å². The van der Waals surface area contributed by atoms with Crippen LogP contribution in [0.3, 0.4) is 0 Å². The van der Waals surface area contributed by atoms with Gasteiger partial charge in [0.1, 0.15) is 0 Å². The summed E-state index contributed by atoms with van der Waals surface area (Å²) >= 11 is 0. The highest BCUT2D eigenvalue weighted by Crippen LogP contribution is 2.24. The predicted octanol–water partition coefficient (Wildman–Crippen LogP) is 0.826. The second-order valence-corrected chi connectivity index (χ2v) is 7.17. The first-order valence-corrected chi connectivity index (χ1v) is 8.42. The van der Waals surface area contributed by atoms with E-state index in [1.807, 2.05) is 14.0 Å². The van der Waals surface area contributed by atoms with Gasteiger partial charge in [-0.05, 0) is 50.1 Å². The van der Waals surface area contributed by atoms with Crippen molar-refractivity contribution in [1.82, 2.24) is 9.62 Å². The van der Waals surface area contributed by atoms with E-state index < -0.39 is 10.0 Å². The SMILES string of the molecule is Cc1cc(S(=O)(=O)NCCN(C)C2CC2)ccc1CN. The number of nitrogens with one attached hydrogen (secondary N) is 1. The summed E-state index contributed by atoms with van der Waals surface area (Å²) in [4.78, 5) is 2.51. The summed E-state index contributed by atoms with van der Waals surface area (Å²) in [6.45, 7) is 3.48. The van der Waals surface area contributed by atoms with Crippen LogP contribution < -0.4 is 10.5 Å². The molecular weight excluding hydrogens is 274 g/mol. The van der Waals surface area contributed by atoms with Crippen molar-refractivity contribution in [3.05, 3.63) is 29.3 Å². The molecule has 1 aromatic carbocycles. The van der Waals surface area contributed by atoms with E-state index in [9.17, 15) is 8.42 Å². The van der Waals surface area contributed by atoms with Crippen LogP contribution >= 0.6 is 0 Å². The second kappa shape index (κ2) is 6.22. The van der Waals surface area contributed by atoms with Gasteiger partial charge < -0.3 is 10.6 Å². The van der Waals surface area contributed by atoms with Crippen molar-refractivity contribution in [3.63, 3.8) is 0 Å². The fourth-order valence-corrected chi connectivity index (χ4v) is 3.31. The van der Waals surface area contributed by atoms with Gasteiger partial charge in [-0.25, -0.2) is 13.1 Å². The van der Waals surface area contributed by atoms with E-state index in [1.54, 1.807) is 18.2 Å². The smallest absolute Gasteiger partial charge is 0.240 e. The Morgan fingerprint density at radius 1 is 1.40 bits per heavy atom. The molecule has 1 aromatic rings. The molecule has 1 saturated carbocycles. The van der Waals surface area contributed by atoms with Gasteiger partial charge in [-0.15, -0.1) is 0 Å². The fourth-order valence-electron chi connectivity index (χ4n) is 2.20. The summed E-state index contributed by atoms with van der Waals surface area (Å²) in [6.07, 6.45) is 2.45. The normalized spacial score (nSPS) is 15.8. The Hall–Kier alpha value is -0.950. The van der Waals surface area contributed by atoms with E-state index in [2.05, 4.69) is 9.62 Å². The molecule has 0 unspecified atom stereocenters. The maximum Gasteiger partial charge on any atom is 0.240 e. The average molecular weight is 297 g/mol. The van der Waals surface area contributed by atoms with Crippen molar-refractivity contribution in [1.29, 1.82) is 0 Å². The lowest BCUT2D eigenvalue weighted by Gasteiger charge is -2.16. The van der Waals surface area contributed by atoms with Crippen molar-refractivity contribution < 1.29 is 8.42 Å². The summed E-state index contributed by atoms with van der Waals surface area (Å²) in [7, 11) is -1.39. The molecule has 3 N–H and O–H groups in total. The summed E-state index contributed by atoms with van der Waals surface area (Å²) in [5.41, 5.74) is 7.46. The van der Waals surface area contributed by atoms with Gasteiger partial charge >= 0.3 is 0 Å². The Morgan fingerprint density at radius 2 is 2.10 bits per heavy atom. The minimum Gasteiger partial charge on any atom is -0.326 e. The van der Waals surface area contributed by atoms with E-state index in [-0.39, 0.29) is 0 Å². The molecule has 6 heteroatoms. The van der Waals surface area contributed by atoms with Gasteiger partial charge in [-0.2, -0.15) is 0 Å². The van der Waals surface area contributed by atoms with E-state index in [0.717, 1.165) is 17.7 Å². The Balaban J connectivity index is 1.96. The van der Waals surface area contributed by atoms with Crippen LogP contribution in [0.5, 0.6) is 0 Å². The number of nitrogens with two attached hydrogens (primary N) is 1. The molecule has 0 atom stereocenters. The second-order valence-electron chi connectivity index (χ2n) is 5.40. The maximum atomic E-state index is 12.2. The lowest BCUT2D eigenvalue weighted by molar-refractivity contribution is 0.329. The first-order chi connectivity index (χ1) is 9.44. The highest BCUT2D eigenvalue weighted by molar-refractivity contribution is 7.89. The molecule has 1 aliphatic rings. The van der Waals surface area contributed by atoms with Crippen LogP contribution in [0, 0.1) is 6.92 Å². The largest absolute Gasteiger partial charge is 0.326 e. The number of nitrogens with zero attached hydrogens (tertiary/aromatic N) is 1. The first-order valence-electron chi connectivity index (χ1n) is 6.93. The van der Waals surface area contributed by atoms with E-state index >= 15 is 0 Å². The molecule has 0 bridgehead atoms. The van der Waals surface area contributed by atoms with Gasteiger partial charge in [-0.1, -0.05) is 6.07 Å². The van der Waals surface area contributed by atoms with E-state index in [4.69, 9.17) is 5.73 Å². The number of benzene rings is 1. The Labute approximate surface area is 121 Å². The van der Waals surface area contributed by atoms with Crippen molar-refractivity contribution in [2.24, 2.45) is 5.73 Å². The third kappa shape index (κ3) is 3.79. The molecule has 0 spiro atoms. The van der Waals surface area contributed by atoms with Gasteiger partial charge in [0.05, 0.1) is 4.90 Å². The Kier molecular flexibility index (Phi) is 4.80. The minimum absolute atomic E-state index is 0.307. The first kappa shape index (κ1) is 15.4. The highest BCUT2D eigenvalue weighted by atomic mass is 32.2. The summed E-state index contributed by atoms with van der Waals surface area (Å²) in [5, 5.41) is 0. The minimum atomic E-state index is -3.43. The summed E-state index contributed by atoms with van der Waals surface area (Å²) < 4.78 is 27.0. The summed E-state index contributed by atoms with van der Waals surface area (Å²) in [6, 6.07) is 5.71. The van der Waals surface area contributed by atoms with Crippen LogP contribution in [0.1, 0.15) is 24.0 Å². The monoisotopic (exact) mass is 297 g/mol. The Morgan fingerprint density at radius 3 is 2.65 bits per heavy atom. The van der Waals surface area contributed by atoms with E-state index in [0.29, 0.717) is 24.0 Å². The van der Waals surface area contributed by atoms with Crippen LogP contribution in [-0.2, 0) is 16.6 Å². The number of sulfonamides is 1. The maximum absolute atomic E-state index is 12.2. The zero-order valence-corrected chi connectivity index (χ0v) is 12.9. The van der Waals surface area contributed by atoms with Crippen LogP contribution in [0.4, 0.5) is 0 Å². The number of likely N-dealkylation sites (N-methyl/N-ethyl adjacent to an activating group) is 1. The van der Waals surface area contributed by atoms with Crippen molar-refractivity contribution in [2.45, 2.75) is 37.2 Å². The lowest BCUT2D eigenvalue weighted by atomic mass is 10.1. The van der Waals surface area contributed by atoms with Crippen LogP contribution in [0.2, 0.25) is 0 Å². The standard InChI is InChI=1S/C14H23N3O2S/c1-11-9-14(6-3-12(11)10-15)20(18,19)16-7-8-17(2)13-4-5-13/h3,6,9,13,16H,4-5,7-8,10,15H2,1-2H3. The number of rotatable bonds is 7. The van der Waals surface area contributed by atoms with Crippen molar-refractivity contribution in [3.8, 4) is 0 Å². The average Bonchev–Trinajstić information content (AvgIpc) is 3.22. The molecule has 0 amide bonds. The lowest BCUT2D eigenvalue weighted by Crippen LogP contribution is -2.34. The topological polar surface area (TPSA) is 75.4 Å². The van der Waals surface area contributed by atoms with Crippen molar-refractivity contribution in [2.75, 3.05) is 20.1 Å². The van der Waals surface area contributed by atoms with Gasteiger partial charge in [0.2, 0.25) is 10.0 Å². The molecule has 0 aliphatic heterocycles.